The Morgan fingerprint density at radius 3 is 2.92 bits per heavy atom. The van der Waals surface area contributed by atoms with E-state index < -0.39 is 6.10 Å². The van der Waals surface area contributed by atoms with Crippen LogP contribution in [-0.4, -0.2) is 12.5 Å². The second-order valence-corrected chi connectivity index (χ2v) is 2.79. The highest BCUT2D eigenvalue weighted by atomic mass is 16.5. The molecule has 1 aliphatic rings. The van der Waals surface area contributed by atoms with E-state index in [0.29, 0.717) is 5.56 Å². The Kier molecular flexibility index (Phi) is 1.81. The van der Waals surface area contributed by atoms with Gasteiger partial charge in [-0.3, -0.25) is 0 Å². The number of ether oxygens (including phenoxy) is 1. The van der Waals surface area contributed by atoms with Crippen molar-refractivity contribution in [3.05, 3.63) is 40.3 Å². The van der Waals surface area contributed by atoms with Crippen LogP contribution < -0.4 is 0 Å². The molecule has 0 amide bonds. The number of carbonyl (C=O) groups is 1. The lowest BCUT2D eigenvalue weighted by molar-refractivity contribution is 0.0403. The van der Waals surface area contributed by atoms with E-state index in [1.807, 2.05) is 0 Å². The van der Waals surface area contributed by atoms with E-state index in [0.717, 1.165) is 5.56 Å². The Balaban J connectivity index is 2.41. The van der Waals surface area contributed by atoms with Crippen molar-refractivity contribution >= 4 is 5.97 Å². The maximum absolute atomic E-state index is 11.2. The third-order valence-electron chi connectivity index (χ3n) is 2.02. The van der Waals surface area contributed by atoms with Gasteiger partial charge in [-0.1, -0.05) is 23.4 Å². The van der Waals surface area contributed by atoms with E-state index in [2.05, 4.69) is 5.18 Å². The molecule has 4 nitrogen and oxygen atoms in total. The first kappa shape index (κ1) is 7.91. The largest absolute Gasteiger partial charge is 0.452 e. The van der Waals surface area contributed by atoms with Crippen LogP contribution >= 0.6 is 0 Å². The fraction of sp³-hybridized carbons (Fsp3) is 0.222. The lowest BCUT2D eigenvalue weighted by Gasteiger charge is -2.03. The Bertz CT molecular complexity index is 362. The average molecular weight is 177 g/mol. The maximum Gasteiger partial charge on any atom is 0.339 e. The number of benzene rings is 1. The average Bonchev–Trinajstić information content (AvgIpc) is 2.46. The van der Waals surface area contributed by atoms with E-state index in [1.165, 1.54) is 0 Å². The lowest BCUT2D eigenvalue weighted by atomic mass is 10.1. The second kappa shape index (κ2) is 2.97. The highest BCUT2D eigenvalue weighted by Gasteiger charge is 2.30. The van der Waals surface area contributed by atoms with Gasteiger partial charge in [-0.2, -0.15) is 4.91 Å². The molecule has 0 fully saturated rings. The van der Waals surface area contributed by atoms with Crippen molar-refractivity contribution < 1.29 is 9.53 Å². The van der Waals surface area contributed by atoms with Crippen LogP contribution in [-0.2, 0) is 4.74 Å². The van der Waals surface area contributed by atoms with Crippen LogP contribution in [0.15, 0.2) is 29.4 Å². The van der Waals surface area contributed by atoms with Gasteiger partial charge in [0, 0.05) is 5.56 Å². The fourth-order valence-electron chi connectivity index (χ4n) is 1.42. The SMILES string of the molecule is O=NCC1OC(=O)c2ccccc21. The number of rotatable bonds is 2. The molecule has 1 aromatic rings. The summed E-state index contributed by atoms with van der Waals surface area (Å²) in [4.78, 5) is 21.2. The zero-order valence-electron chi connectivity index (χ0n) is 6.77. The third-order valence-corrected chi connectivity index (χ3v) is 2.02. The number of cyclic esters (lactones) is 1. The highest BCUT2D eigenvalue weighted by Crippen LogP contribution is 2.30. The molecule has 1 unspecified atom stereocenters. The molecule has 0 spiro atoms. The van der Waals surface area contributed by atoms with Crippen LogP contribution in [0.4, 0.5) is 0 Å². The predicted octanol–water partition coefficient (Wildman–Crippen LogP) is 1.66. The first-order valence-electron chi connectivity index (χ1n) is 3.92. The molecule has 13 heavy (non-hydrogen) atoms. The summed E-state index contributed by atoms with van der Waals surface area (Å²) in [7, 11) is 0. The van der Waals surface area contributed by atoms with Crippen molar-refractivity contribution in [1.29, 1.82) is 0 Å². The summed E-state index contributed by atoms with van der Waals surface area (Å²) < 4.78 is 4.94. The third kappa shape index (κ3) is 1.20. The number of nitroso groups, excluding NO2 is 1. The van der Waals surface area contributed by atoms with Crippen molar-refractivity contribution in [1.82, 2.24) is 0 Å². The minimum absolute atomic E-state index is 0.0112. The van der Waals surface area contributed by atoms with Crippen molar-refractivity contribution in [3.8, 4) is 0 Å². The molecular weight excluding hydrogens is 170 g/mol. The van der Waals surface area contributed by atoms with Gasteiger partial charge in [-0.05, 0) is 6.07 Å². The van der Waals surface area contributed by atoms with Crippen LogP contribution in [0.25, 0.3) is 0 Å². The Labute approximate surface area is 74.5 Å². The van der Waals surface area contributed by atoms with E-state index in [9.17, 15) is 9.70 Å². The molecular formula is C9H7NO3. The molecule has 1 heterocycles. The van der Waals surface area contributed by atoms with E-state index in [-0.39, 0.29) is 12.5 Å². The normalized spacial score (nSPS) is 19.4. The van der Waals surface area contributed by atoms with Gasteiger partial charge < -0.3 is 4.74 Å². The van der Waals surface area contributed by atoms with Crippen LogP contribution in [0.2, 0.25) is 0 Å². The molecule has 0 radical (unpaired) electrons. The van der Waals surface area contributed by atoms with Crippen LogP contribution in [0.1, 0.15) is 22.0 Å². The molecule has 1 aliphatic heterocycles. The zero-order valence-corrected chi connectivity index (χ0v) is 6.77. The molecule has 0 saturated carbocycles. The summed E-state index contributed by atoms with van der Waals surface area (Å²) in [5.74, 6) is -0.371. The van der Waals surface area contributed by atoms with Gasteiger partial charge in [0.05, 0.1) is 5.56 Å². The van der Waals surface area contributed by atoms with Crippen molar-refractivity contribution in [3.63, 3.8) is 0 Å². The molecule has 2 rings (SSSR count). The lowest BCUT2D eigenvalue weighted by Crippen LogP contribution is -2.01. The monoisotopic (exact) mass is 177 g/mol. The van der Waals surface area contributed by atoms with E-state index in [1.54, 1.807) is 24.3 Å². The topological polar surface area (TPSA) is 55.7 Å². The number of carbonyl (C=O) groups excluding carboxylic acids is 1. The van der Waals surface area contributed by atoms with Crippen LogP contribution in [0, 0.1) is 4.91 Å². The van der Waals surface area contributed by atoms with Crippen molar-refractivity contribution in [2.75, 3.05) is 6.54 Å². The second-order valence-electron chi connectivity index (χ2n) is 2.79. The van der Waals surface area contributed by atoms with Gasteiger partial charge in [0.2, 0.25) is 0 Å². The van der Waals surface area contributed by atoms with Crippen LogP contribution in [0.5, 0.6) is 0 Å². The molecule has 0 bridgehead atoms. The van der Waals surface area contributed by atoms with Gasteiger partial charge in [0.15, 0.2) is 6.10 Å². The molecule has 0 aliphatic carbocycles. The predicted molar refractivity (Wildman–Crippen MR) is 45.3 cm³/mol. The molecule has 1 aromatic carbocycles. The zero-order chi connectivity index (χ0) is 9.26. The number of esters is 1. The maximum atomic E-state index is 11.2. The Hall–Kier alpha value is -1.71. The number of hydrogen-bond donors (Lipinski definition) is 0. The first-order chi connectivity index (χ1) is 6.33. The van der Waals surface area contributed by atoms with Crippen LogP contribution in [0.3, 0.4) is 0 Å². The van der Waals surface area contributed by atoms with E-state index in [4.69, 9.17) is 4.74 Å². The number of fused-ring (bicyclic) bond motifs is 1. The molecule has 0 N–H and O–H groups in total. The fourth-order valence-corrected chi connectivity index (χ4v) is 1.42. The Morgan fingerprint density at radius 1 is 1.38 bits per heavy atom. The number of nitrogens with zero attached hydrogens (tertiary/aromatic N) is 1. The quantitative estimate of drug-likeness (QED) is 0.510. The molecule has 0 aromatic heterocycles. The van der Waals surface area contributed by atoms with Crippen molar-refractivity contribution in [2.45, 2.75) is 6.10 Å². The van der Waals surface area contributed by atoms with E-state index >= 15 is 0 Å². The number of hydrogen-bond acceptors (Lipinski definition) is 4. The molecule has 4 heteroatoms. The summed E-state index contributed by atoms with van der Waals surface area (Å²) in [5, 5.41) is 2.72. The molecule has 0 saturated heterocycles. The van der Waals surface area contributed by atoms with Gasteiger partial charge in [-0.15, -0.1) is 0 Å². The van der Waals surface area contributed by atoms with Gasteiger partial charge in [0.1, 0.15) is 6.54 Å². The van der Waals surface area contributed by atoms with Gasteiger partial charge in [0.25, 0.3) is 0 Å². The summed E-state index contributed by atoms with van der Waals surface area (Å²) in [5.41, 5.74) is 1.29. The summed E-state index contributed by atoms with van der Waals surface area (Å²) in [6, 6.07) is 7.02. The molecule has 1 atom stereocenters. The van der Waals surface area contributed by atoms with Crippen molar-refractivity contribution in [2.24, 2.45) is 5.18 Å². The minimum Gasteiger partial charge on any atom is -0.452 e. The minimum atomic E-state index is -0.485. The van der Waals surface area contributed by atoms with Gasteiger partial charge >= 0.3 is 5.97 Å². The Morgan fingerprint density at radius 2 is 2.15 bits per heavy atom. The molecule has 66 valence electrons. The summed E-state index contributed by atoms with van der Waals surface area (Å²) in [6.45, 7) is -0.0112. The summed E-state index contributed by atoms with van der Waals surface area (Å²) >= 11 is 0. The smallest absolute Gasteiger partial charge is 0.339 e. The standard InChI is InChI=1S/C9H7NO3/c11-9-7-4-2-1-3-6(7)8(13-9)5-10-12/h1-4,8H,5H2. The summed E-state index contributed by atoms with van der Waals surface area (Å²) in [6.07, 6.45) is -0.485. The van der Waals surface area contributed by atoms with Gasteiger partial charge in [-0.25, -0.2) is 4.79 Å². The highest BCUT2D eigenvalue weighted by molar-refractivity contribution is 5.93. The first-order valence-corrected chi connectivity index (χ1v) is 3.92.